The summed E-state index contributed by atoms with van der Waals surface area (Å²) in [7, 11) is 1.41. The first-order chi connectivity index (χ1) is 23.8. The van der Waals surface area contributed by atoms with Crippen LogP contribution in [0.4, 0.5) is 5.82 Å². The summed E-state index contributed by atoms with van der Waals surface area (Å²) in [5, 5.41) is 0. The van der Waals surface area contributed by atoms with E-state index in [-0.39, 0.29) is 11.7 Å². The third kappa shape index (κ3) is 8.31. The van der Waals surface area contributed by atoms with E-state index in [0.29, 0.717) is 6.61 Å². The number of nitrogens with zero attached hydrogens (tertiary/aromatic N) is 3. The Hall–Kier alpha value is -4.40. The van der Waals surface area contributed by atoms with E-state index in [4.69, 9.17) is 23.9 Å². The van der Waals surface area contributed by atoms with E-state index < -0.39 is 17.7 Å². The van der Waals surface area contributed by atoms with Crippen molar-refractivity contribution >= 4 is 17.4 Å². The molecule has 0 N–H and O–H groups in total. The van der Waals surface area contributed by atoms with Crippen LogP contribution in [-0.4, -0.2) is 59.5 Å². The van der Waals surface area contributed by atoms with Gasteiger partial charge in [0.25, 0.3) is 0 Å². The van der Waals surface area contributed by atoms with Crippen molar-refractivity contribution in [3.05, 3.63) is 96.7 Å². The Morgan fingerprint density at radius 2 is 1.76 bits per heavy atom. The van der Waals surface area contributed by atoms with E-state index >= 15 is 0 Å². The fourth-order valence-corrected chi connectivity index (χ4v) is 6.63. The number of aromatic nitrogens is 2. The van der Waals surface area contributed by atoms with E-state index in [2.05, 4.69) is 85.8 Å². The summed E-state index contributed by atoms with van der Waals surface area (Å²) >= 11 is 0. The zero-order valence-corrected chi connectivity index (χ0v) is 31.0. The second-order valence-corrected chi connectivity index (χ2v) is 14.6. The number of imidazole rings is 1. The molecule has 0 saturated carbocycles. The van der Waals surface area contributed by atoms with Crippen molar-refractivity contribution in [3.63, 3.8) is 0 Å². The minimum Gasteiger partial charge on any atom is -0.490 e. The maximum absolute atomic E-state index is 13.5. The van der Waals surface area contributed by atoms with E-state index in [9.17, 15) is 4.79 Å². The number of pyridine rings is 1. The lowest BCUT2D eigenvalue weighted by Gasteiger charge is -2.41. The van der Waals surface area contributed by atoms with Gasteiger partial charge in [0, 0.05) is 42.4 Å². The van der Waals surface area contributed by atoms with Gasteiger partial charge in [-0.3, -0.25) is 4.40 Å². The highest BCUT2D eigenvalue weighted by atomic mass is 16.6. The molecule has 8 nitrogen and oxygen atoms in total. The van der Waals surface area contributed by atoms with Gasteiger partial charge in [-0.05, 0) is 96.7 Å². The number of anilines is 1. The van der Waals surface area contributed by atoms with E-state index in [1.54, 1.807) is 6.08 Å². The van der Waals surface area contributed by atoms with Crippen molar-refractivity contribution in [1.82, 2.24) is 9.38 Å². The van der Waals surface area contributed by atoms with Crippen LogP contribution in [0, 0.1) is 13.8 Å². The van der Waals surface area contributed by atoms with Gasteiger partial charge in [0.1, 0.15) is 17.2 Å². The number of fused-ring (bicyclic) bond motifs is 1. The number of methoxy groups -OCH3 is 1. The largest absolute Gasteiger partial charge is 0.490 e. The molecule has 4 aromatic rings. The van der Waals surface area contributed by atoms with Crippen LogP contribution in [0.5, 0.6) is 5.75 Å². The average Bonchev–Trinajstić information content (AvgIpc) is 3.50. The Morgan fingerprint density at radius 1 is 1.04 bits per heavy atom. The Balaban J connectivity index is 1.64. The second-order valence-electron chi connectivity index (χ2n) is 14.6. The molecule has 1 saturated heterocycles. The van der Waals surface area contributed by atoms with Gasteiger partial charge in [-0.2, -0.15) is 0 Å². The number of esters is 1. The highest BCUT2D eigenvalue weighted by Crippen LogP contribution is 2.40. The van der Waals surface area contributed by atoms with Crippen LogP contribution in [0.25, 0.3) is 28.0 Å². The molecule has 2 aromatic heterocycles. The number of ether oxygens (including phenoxy) is 4. The minimum absolute atomic E-state index is 0.00344. The highest BCUT2D eigenvalue weighted by Gasteiger charge is 2.37. The lowest BCUT2D eigenvalue weighted by molar-refractivity contribution is -0.164. The summed E-state index contributed by atoms with van der Waals surface area (Å²) in [5.41, 5.74) is 6.63. The van der Waals surface area contributed by atoms with Crippen LogP contribution < -0.4 is 9.64 Å². The van der Waals surface area contributed by atoms with Crippen LogP contribution in [0.1, 0.15) is 76.7 Å². The molecular formula is C42H53N3O5. The van der Waals surface area contributed by atoms with Gasteiger partial charge in [0.2, 0.25) is 0 Å². The van der Waals surface area contributed by atoms with Crippen LogP contribution in [0.2, 0.25) is 0 Å². The molecule has 0 radical (unpaired) electrons. The summed E-state index contributed by atoms with van der Waals surface area (Å²) in [6, 6.07) is 16.7. The summed E-state index contributed by atoms with van der Waals surface area (Å²) < 4.78 is 26.5. The molecular weight excluding hydrogens is 626 g/mol. The summed E-state index contributed by atoms with van der Waals surface area (Å²) in [5.74, 6) is 1.28. The number of hydrogen-bond acceptors (Lipinski definition) is 7. The lowest BCUT2D eigenvalue weighted by Crippen LogP contribution is -2.45. The van der Waals surface area contributed by atoms with E-state index in [0.717, 1.165) is 88.6 Å². The summed E-state index contributed by atoms with van der Waals surface area (Å²) in [6.07, 6.45) is 7.21. The van der Waals surface area contributed by atoms with Gasteiger partial charge >= 0.3 is 5.97 Å². The molecule has 0 aliphatic carbocycles. The predicted octanol–water partition coefficient (Wildman–Crippen LogP) is 9.22. The standard InChI is InChI=1S/C42H53N3O5/c1-11-14-30(5)49-35-18-17-28(3)24-33(35)31-15-13-16-32(26-31)34-27-45-36(43-34)25-29(4)37(38(40(46)47-10)50-41(6,7)8)39(45)44-21-19-42(9,20-22-44)48-23-12-2/h11-13,15-18,24-27,30,38H,1-2,14,19-23H2,3-10H3/t30-,38-/m0/s1. The molecule has 1 aliphatic heterocycles. The van der Waals surface area contributed by atoms with Gasteiger partial charge in [-0.25, -0.2) is 9.78 Å². The molecule has 0 amide bonds. The van der Waals surface area contributed by atoms with Crippen LogP contribution >= 0.6 is 0 Å². The first-order valence-corrected chi connectivity index (χ1v) is 17.5. The minimum atomic E-state index is -0.929. The van der Waals surface area contributed by atoms with E-state index in [1.807, 2.05) is 45.9 Å². The van der Waals surface area contributed by atoms with Crippen LogP contribution in [-0.2, 0) is 19.0 Å². The van der Waals surface area contributed by atoms with E-state index in [1.165, 1.54) is 7.11 Å². The Kier molecular flexibility index (Phi) is 11.2. The topological polar surface area (TPSA) is 74.5 Å². The van der Waals surface area contributed by atoms with Gasteiger partial charge in [0.05, 0.1) is 36.7 Å². The second kappa shape index (κ2) is 15.2. The normalized spacial score (nSPS) is 15.8. The SMILES string of the molecule is C=CCOC1(C)CCN(c2c([C@H](OC(C)(C)C)C(=O)OC)c(C)cc3nc(-c4cccc(-c5cc(C)ccc5O[C@@H](C)CC=C)c4)cn23)CC1. The molecule has 8 heteroatoms. The van der Waals surface area contributed by atoms with Crippen LogP contribution in [0.3, 0.4) is 0 Å². The molecule has 5 rings (SSSR count). The molecule has 0 unspecified atom stereocenters. The number of rotatable bonds is 13. The number of benzene rings is 2. The zero-order valence-electron chi connectivity index (χ0n) is 31.0. The maximum atomic E-state index is 13.5. The van der Waals surface area contributed by atoms with Crippen molar-refractivity contribution in [1.29, 1.82) is 0 Å². The molecule has 50 heavy (non-hydrogen) atoms. The van der Waals surface area contributed by atoms with Crippen molar-refractivity contribution in [3.8, 4) is 28.1 Å². The first-order valence-electron chi connectivity index (χ1n) is 17.5. The fraction of sp³-hybridized carbons (Fsp3) is 0.429. The number of hydrogen-bond donors (Lipinski definition) is 0. The quantitative estimate of drug-likeness (QED) is 0.103. The maximum Gasteiger partial charge on any atom is 0.339 e. The predicted molar refractivity (Wildman–Crippen MR) is 202 cm³/mol. The van der Waals surface area contributed by atoms with Crippen molar-refractivity contribution < 1.29 is 23.7 Å². The molecule has 0 bridgehead atoms. The van der Waals surface area contributed by atoms with Crippen molar-refractivity contribution in [2.75, 3.05) is 31.7 Å². The highest BCUT2D eigenvalue weighted by molar-refractivity contribution is 5.82. The first kappa shape index (κ1) is 36.9. The Labute approximate surface area is 297 Å². The van der Waals surface area contributed by atoms with Gasteiger partial charge < -0.3 is 23.8 Å². The molecule has 1 fully saturated rings. The molecule has 0 spiro atoms. The molecule has 2 aromatic carbocycles. The smallest absolute Gasteiger partial charge is 0.339 e. The third-order valence-corrected chi connectivity index (χ3v) is 9.22. The Bertz CT molecular complexity index is 1840. The monoisotopic (exact) mass is 679 g/mol. The molecule has 266 valence electrons. The van der Waals surface area contributed by atoms with Crippen molar-refractivity contribution in [2.45, 2.75) is 91.1 Å². The lowest BCUT2D eigenvalue weighted by atomic mass is 9.92. The summed E-state index contributed by atoms with van der Waals surface area (Å²) in [4.78, 5) is 20.9. The van der Waals surface area contributed by atoms with Gasteiger partial charge in [-0.1, -0.05) is 42.0 Å². The number of aryl methyl sites for hydroxylation is 2. The van der Waals surface area contributed by atoms with Gasteiger partial charge in [0.15, 0.2) is 6.10 Å². The number of carbonyl (C=O) groups excluding carboxylic acids is 1. The average molecular weight is 680 g/mol. The fourth-order valence-electron chi connectivity index (χ4n) is 6.63. The molecule has 1 aliphatic rings. The molecule has 2 atom stereocenters. The number of carbonyl (C=O) groups is 1. The Morgan fingerprint density at radius 3 is 2.42 bits per heavy atom. The third-order valence-electron chi connectivity index (χ3n) is 9.22. The van der Waals surface area contributed by atoms with Gasteiger partial charge in [-0.15, -0.1) is 13.2 Å². The molecule has 3 heterocycles. The van der Waals surface area contributed by atoms with Crippen LogP contribution in [0.15, 0.2) is 80.0 Å². The number of piperidine rings is 1. The van der Waals surface area contributed by atoms with Crippen molar-refractivity contribution in [2.24, 2.45) is 0 Å². The summed E-state index contributed by atoms with van der Waals surface area (Å²) in [6.45, 7) is 23.8. The zero-order chi connectivity index (χ0) is 36.2.